The maximum absolute atomic E-state index is 11.4. The van der Waals surface area contributed by atoms with Crippen LogP contribution in [0.2, 0.25) is 0 Å². The fourth-order valence-corrected chi connectivity index (χ4v) is 3.04. The summed E-state index contributed by atoms with van der Waals surface area (Å²) < 4.78 is 6.72. The van der Waals surface area contributed by atoms with Crippen molar-refractivity contribution in [3.05, 3.63) is 34.3 Å². The van der Waals surface area contributed by atoms with Crippen molar-refractivity contribution >= 4 is 21.9 Å². The van der Waals surface area contributed by atoms with Crippen molar-refractivity contribution < 1.29 is 14.6 Å². The van der Waals surface area contributed by atoms with Gasteiger partial charge in [-0.15, -0.1) is 0 Å². The van der Waals surface area contributed by atoms with Crippen LogP contribution in [-0.2, 0) is 16.0 Å². The summed E-state index contributed by atoms with van der Waals surface area (Å²) in [4.78, 5) is 11.4. The largest absolute Gasteiger partial charge is 0.481 e. The summed E-state index contributed by atoms with van der Waals surface area (Å²) in [5.41, 5.74) is 1.05. The van der Waals surface area contributed by atoms with Gasteiger partial charge in [-0.1, -0.05) is 28.1 Å². The van der Waals surface area contributed by atoms with E-state index in [1.54, 1.807) is 0 Å². The van der Waals surface area contributed by atoms with Gasteiger partial charge < -0.3 is 9.84 Å². The van der Waals surface area contributed by atoms with Crippen LogP contribution < -0.4 is 0 Å². The smallest absolute Gasteiger partial charge is 0.306 e. The first-order valence-corrected chi connectivity index (χ1v) is 7.46. The van der Waals surface area contributed by atoms with E-state index in [1.165, 1.54) is 0 Å². The average molecular weight is 327 g/mol. The molecule has 0 amide bonds. The van der Waals surface area contributed by atoms with Crippen molar-refractivity contribution in [3.63, 3.8) is 0 Å². The van der Waals surface area contributed by atoms with Crippen LogP contribution in [-0.4, -0.2) is 23.3 Å². The van der Waals surface area contributed by atoms with Gasteiger partial charge in [-0.05, 0) is 50.3 Å². The fourth-order valence-electron chi connectivity index (χ4n) is 2.60. The Labute approximate surface area is 122 Å². The summed E-state index contributed by atoms with van der Waals surface area (Å²) in [6.45, 7) is 2.05. The van der Waals surface area contributed by atoms with Crippen LogP contribution in [0.3, 0.4) is 0 Å². The maximum atomic E-state index is 11.4. The second kappa shape index (κ2) is 6.53. The standard InChI is InChI=1S/C15H19BrO3/c1-10-5-6-14(19-10)9-12(15(17)18)7-11-3-2-4-13(16)8-11/h2-4,8,10,12,14H,5-7,9H2,1H3,(H,17,18). The molecule has 0 bridgehead atoms. The zero-order chi connectivity index (χ0) is 13.8. The number of benzene rings is 1. The monoisotopic (exact) mass is 326 g/mol. The second-order valence-electron chi connectivity index (χ2n) is 5.25. The molecule has 1 N–H and O–H groups in total. The molecule has 1 heterocycles. The number of carboxylic acids is 1. The molecular formula is C15H19BrO3. The van der Waals surface area contributed by atoms with E-state index >= 15 is 0 Å². The van der Waals surface area contributed by atoms with Crippen molar-refractivity contribution in [2.24, 2.45) is 5.92 Å². The van der Waals surface area contributed by atoms with Crippen molar-refractivity contribution in [1.29, 1.82) is 0 Å². The highest BCUT2D eigenvalue weighted by Gasteiger charge is 2.28. The van der Waals surface area contributed by atoms with Gasteiger partial charge in [0.1, 0.15) is 0 Å². The predicted molar refractivity (Wildman–Crippen MR) is 77.2 cm³/mol. The molecule has 19 heavy (non-hydrogen) atoms. The van der Waals surface area contributed by atoms with Crippen molar-refractivity contribution in [3.8, 4) is 0 Å². The maximum Gasteiger partial charge on any atom is 0.306 e. The minimum atomic E-state index is -0.733. The van der Waals surface area contributed by atoms with Gasteiger partial charge >= 0.3 is 5.97 Å². The number of hydrogen-bond acceptors (Lipinski definition) is 2. The van der Waals surface area contributed by atoms with Crippen molar-refractivity contribution in [1.82, 2.24) is 0 Å². The Hall–Kier alpha value is -0.870. The van der Waals surface area contributed by atoms with Gasteiger partial charge in [-0.3, -0.25) is 4.79 Å². The molecule has 0 aromatic heterocycles. The van der Waals surface area contributed by atoms with E-state index < -0.39 is 5.97 Å². The third-order valence-corrected chi connectivity index (χ3v) is 4.08. The zero-order valence-corrected chi connectivity index (χ0v) is 12.6. The highest BCUT2D eigenvalue weighted by molar-refractivity contribution is 9.10. The Morgan fingerprint density at radius 1 is 1.53 bits per heavy atom. The lowest BCUT2D eigenvalue weighted by molar-refractivity contribution is -0.143. The molecule has 1 aliphatic heterocycles. The molecule has 104 valence electrons. The summed E-state index contributed by atoms with van der Waals surface area (Å²) in [7, 11) is 0. The van der Waals surface area contributed by atoms with Gasteiger partial charge in [0.05, 0.1) is 18.1 Å². The SMILES string of the molecule is CC1CCC(CC(Cc2cccc(Br)c2)C(=O)O)O1. The van der Waals surface area contributed by atoms with Crippen LogP contribution in [0.4, 0.5) is 0 Å². The summed E-state index contributed by atoms with van der Waals surface area (Å²) >= 11 is 3.41. The van der Waals surface area contributed by atoms with Crippen LogP contribution in [0.25, 0.3) is 0 Å². The van der Waals surface area contributed by atoms with E-state index in [2.05, 4.69) is 15.9 Å². The molecule has 1 saturated heterocycles. The van der Waals surface area contributed by atoms with Crippen LogP contribution >= 0.6 is 15.9 Å². The Bertz CT molecular complexity index is 447. The molecule has 3 unspecified atom stereocenters. The highest BCUT2D eigenvalue weighted by Crippen LogP contribution is 2.26. The van der Waals surface area contributed by atoms with Crippen LogP contribution in [0.1, 0.15) is 31.7 Å². The molecule has 0 radical (unpaired) electrons. The first-order chi connectivity index (χ1) is 9.04. The van der Waals surface area contributed by atoms with Gasteiger partial charge in [0.15, 0.2) is 0 Å². The van der Waals surface area contributed by atoms with Gasteiger partial charge in [0.25, 0.3) is 0 Å². The van der Waals surface area contributed by atoms with Gasteiger partial charge in [0, 0.05) is 4.47 Å². The molecule has 0 spiro atoms. The molecule has 0 aliphatic carbocycles. The lowest BCUT2D eigenvalue weighted by Crippen LogP contribution is -2.23. The quantitative estimate of drug-likeness (QED) is 0.898. The molecule has 1 aromatic rings. The topological polar surface area (TPSA) is 46.5 Å². The lowest BCUT2D eigenvalue weighted by Gasteiger charge is -2.17. The summed E-state index contributed by atoms with van der Waals surface area (Å²) in [5.74, 6) is -1.10. The summed E-state index contributed by atoms with van der Waals surface area (Å²) in [6.07, 6.45) is 3.54. The number of rotatable bonds is 5. The van der Waals surface area contributed by atoms with E-state index in [4.69, 9.17) is 4.74 Å². The Morgan fingerprint density at radius 2 is 2.32 bits per heavy atom. The number of carboxylic acid groups (broad SMARTS) is 1. The Balaban J connectivity index is 1.98. The van der Waals surface area contributed by atoms with E-state index in [0.717, 1.165) is 22.9 Å². The fraction of sp³-hybridized carbons (Fsp3) is 0.533. The predicted octanol–water partition coefficient (Wildman–Crippen LogP) is 3.65. The lowest BCUT2D eigenvalue weighted by atomic mass is 9.93. The van der Waals surface area contributed by atoms with Crippen LogP contribution in [0.5, 0.6) is 0 Å². The van der Waals surface area contributed by atoms with E-state index in [-0.39, 0.29) is 18.1 Å². The first-order valence-electron chi connectivity index (χ1n) is 6.67. The molecule has 3 nitrogen and oxygen atoms in total. The molecule has 4 heteroatoms. The Kier molecular flexibility index (Phi) is 4.99. The number of hydrogen-bond donors (Lipinski definition) is 1. The number of ether oxygens (including phenoxy) is 1. The average Bonchev–Trinajstić information content (AvgIpc) is 2.74. The first kappa shape index (κ1) is 14.5. The van der Waals surface area contributed by atoms with Gasteiger partial charge in [-0.2, -0.15) is 0 Å². The van der Waals surface area contributed by atoms with Crippen molar-refractivity contribution in [2.45, 2.75) is 44.8 Å². The van der Waals surface area contributed by atoms with Crippen LogP contribution in [0.15, 0.2) is 28.7 Å². The molecule has 0 saturated carbocycles. The van der Waals surface area contributed by atoms with E-state index in [9.17, 15) is 9.90 Å². The minimum absolute atomic E-state index is 0.100. The molecule has 1 aliphatic rings. The van der Waals surface area contributed by atoms with Crippen molar-refractivity contribution in [2.75, 3.05) is 0 Å². The number of aliphatic carboxylic acids is 1. The van der Waals surface area contributed by atoms with E-state index in [0.29, 0.717) is 12.8 Å². The molecule has 3 atom stereocenters. The molecule has 1 fully saturated rings. The second-order valence-corrected chi connectivity index (χ2v) is 6.17. The molecule has 1 aromatic carbocycles. The van der Waals surface area contributed by atoms with E-state index in [1.807, 2.05) is 31.2 Å². The normalized spacial score (nSPS) is 24.3. The Morgan fingerprint density at radius 3 is 2.89 bits per heavy atom. The number of carbonyl (C=O) groups is 1. The third-order valence-electron chi connectivity index (χ3n) is 3.59. The van der Waals surface area contributed by atoms with Gasteiger partial charge in [0.2, 0.25) is 0 Å². The van der Waals surface area contributed by atoms with Gasteiger partial charge in [-0.25, -0.2) is 0 Å². The zero-order valence-electron chi connectivity index (χ0n) is 11.0. The molecule has 2 rings (SSSR count). The molecular weight excluding hydrogens is 308 g/mol. The number of halogens is 1. The minimum Gasteiger partial charge on any atom is -0.481 e. The van der Waals surface area contributed by atoms with Crippen LogP contribution in [0, 0.1) is 5.92 Å². The third kappa shape index (κ3) is 4.32. The summed E-state index contributed by atoms with van der Waals surface area (Å²) in [5, 5.41) is 9.36. The highest BCUT2D eigenvalue weighted by atomic mass is 79.9. The summed E-state index contributed by atoms with van der Waals surface area (Å²) in [6, 6.07) is 7.83.